The molecule has 2 aliphatic carbocycles. The Morgan fingerprint density at radius 1 is 0.800 bits per heavy atom. The minimum atomic E-state index is -0.680. The molecule has 11 nitrogen and oxygen atoms in total. The van der Waals surface area contributed by atoms with E-state index in [1.165, 1.54) is 14.0 Å². The van der Waals surface area contributed by atoms with Gasteiger partial charge in [0.1, 0.15) is 0 Å². The molecule has 0 spiro atoms. The molecule has 1 saturated heterocycles. The molecule has 2 amide bonds. The monoisotopic (exact) mass is 549 g/mol. The number of fused-ring (bicyclic) bond motifs is 1. The van der Waals surface area contributed by atoms with Crippen molar-refractivity contribution in [3.63, 3.8) is 0 Å². The highest BCUT2D eigenvalue weighted by Gasteiger charge is 2.39. The van der Waals surface area contributed by atoms with Crippen LogP contribution in [0.25, 0.3) is 0 Å². The molecule has 212 valence electrons. The number of carbonyl (C=O) groups excluding carboxylic acids is 2. The summed E-state index contributed by atoms with van der Waals surface area (Å²) in [6.45, 7) is 0.778. The Labute approximate surface area is 231 Å². The molecule has 1 N–H and O–H groups in total. The average molecular weight is 550 g/mol. The number of carbonyl (C=O) groups is 2. The fraction of sp³-hybridized carbons (Fsp3) is 0.586. The number of rotatable bonds is 6. The van der Waals surface area contributed by atoms with Crippen LogP contribution in [0.1, 0.15) is 110 Å². The van der Waals surface area contributed by atoms with Crippen molar-refractivity contribution in [3.05, 3.63) is 50.2 Å². The van der Waals surface area contributed by atoms with Crippen molar-refractivity contribution in [2.24, 2.45) is 10.2 Å². The van der Waals surface area contributed by atoms with Crippen LogP contribution in [-0.2, 0) is 4.74 Å². The molecule has 1 aromatic carbocycles. The van der Waals surface area contributed by atoms with Crippen molar-refractivity contribution in [2.75, 3.05) is 13.2 Å². The van der Waals surface area contributed by atoms with E-state index in [-0.39, 0.29) is 47.2 Å². The molecule has 2 aromatic rings. The molecule has 4 aliphatic rings. The van der Waals surface area contributed by atoms with Gasteiger partial charge in [-0.2, -0.15) is 0 Å². The summed E-state index contributed by atoms with van der Waals surface area (Å²) in [5.41, 5.74) is -1.03. The zero-order valence-electron chi connectivity index (χ0n) is 22.6. The number of benzene rings is 1. The van der Waals surface area contributed by atoms with Crippen molar-refractivity contribution < 1.29 is 19.4 Å². The molecule has 6 rings (SSSR count). The number of ether oxygens (including phenoxy) is 1. The van der Waals surface area contributed by atoms with Gasteiger partial charge in [-0.3, -0.25) is 28.4 Å². The molecule has 0 radical (unpaired) electrons. The summed E-state index contributed by atoms with van der Waals surface area (Å²) in [4.78, 5) is 54.8. The lowest BCUT2D eigenvalue weighted by atomic mass is 9.94. The Bertz CT molecular complexity index is 1460. The van der Waals surface area contributed by atoms with E-state index in [9.17, 15) is 24.3 Å². The zero-order chi connectivity index (χ0) is 27.8. The highest BCUT2D eigenvalue weighted by atomic mass is 16.5. The van der Waals surface area contributed by atoms with E-state index >= 15 is 0 Å². The van der Waals surface area contributed by atoms with E-state index < -0.39 is 28.9 Å². The summed E-state index contributed by atoms with van der Waals surface area (Å²) < 4.78 is 8.21. The van der Waals surface area contributed by atoms with Gasteiger partial charge in [0.05, 0.1) is 29.5 Å². The maximum atomic E-state index is 13.7. The van der Waals surface area contributed by atoms with Crippen LogP contribution in [0.3, 0.4) is 0 Å². The molecule has 3 fully saturated rings. The van der Waals surface area contributed by atoms with Gasteiger partial charge < -0.3 is 9.84 Å². The van der Waals surface area contributed by atoms with Gasteiger partial charge in [-0.15, -0.1) is 10.2 Å². The quantitative estimate of drug-likeness (QED) is 0.401. The third-order valence-corrected chi connectivity index (χ3v) is 8.80. The molecule has 1 aromatic heterocycles. The second-order valence-electron chi connectivity index (χ2n) is 11.3. The van der Waals surface area contributed by atoms with Crippen LogP contribution in [0.15, 0.2) is 38.0 Å². The highest BCUT2D eigenvalue weighted by Crippen LogP contribution is 2.36. The largest absolute Gasteiger partial charge is 0.493 e. The Balaban J connectivity index is 1.40. The molecule has 11 heteroatoms. The van der Waals surface area contributed by atoms with Gasteiger partial charge in [-0.25, -0.2) is 4.79 Å². The van der Waals surface area contributed by atoms with Gasteiger partial charge in [0.25, 0.3) is 17.4 Å². The van der Waals surface area contributed by atoms with Gasteiger partial charge in [-0.05, 0) is 50.7 Å². The van der Waals surface area contributed by atoms with Gasteiger partial charge >= 0.3 is 5.69 Å². The van der Waals surface area contributed by atoms with E-state index in [0.717, 1.165) is 64.2 Å². The van der Waals surface area contributed by atoms with E-state index in [4.69, 9.17) is 4.74 Å². The van der Waals surface area contributed by atoms with Crippen molar-refractivity contribution in [1.82, 2.24) is 14.0 Å². The van der Waals surface area contributed by atoms with Gasteiger partial charge in [-0.1, -0.05) is 44.6 Å². The third kappa shape index (κ3) is 4.70. The Hall–Kier alpha value is -3.60. The lowest BCUT2D eigenvalue weighted by molar-refractivity contribution is 0.0475. The molecule has 0 bridgehead atoms. The topological polar surface area (TPSA) is 136 Å². The van der Waals surface area contributed by atoms with Crippen molar-refractivity contribution in [2.45, 2.75) is 95.2 Å². The first-order valence-corrected chi connectivity index (χ1v) is 14.6. The number of hydrogen-bond acceptors (Lipinski definition) is 8. The molecule has 2 saturated carbocycles. The fourth-order valence-corrected chi connectivity index (χ4v) is 6.70. The summed E-state index contributed by atoms with van der Waals surface area (Å²) in [6, 6.07) is 4.25. The molecular formula is C29H35N5O6. The lowest BCUT2D eigenvalue weighted by Crippen LogP contribution is -2.43. The van der Waals surface area contributed by atoms with Gasteiger partial charge in [0, 0.05) is 18.7 Å². The van der Waals surface area contributed by atoms with Gasteiger partial charge in [0.15, 0.2) is 0 Å². The van der Waals surface area contributed by atoms with Crippen LogP contribution >= 0.6 is 0 Å². The second kappa shape index (κ2) is 11.1. The SMILES string of the molecule is O=C1c2cccc(N=Nc3c(O)n(C4CCCCC4)c(=O)n(C4CCCCC4)c3=O)c2C(=O)N1CC1CCCO1. The molecule has 1 unspecified atom stereocenters. The van der Waals surface area contributed by atoms with E-state index in [0.29, 0.717) is 19.4 Å². The summed E-state index contributed by atoms with van der Waals surface area (Å²) in [5, 5.41) is 19.6. The summed E-state index contributed by atoms with van der Waals surface area (Å²) in [6.07, 6.45) is 10.2. The molecule has 2 aliphatic heterocycles. The van der Waals surface area contributed by atoms with Crippen LogP contribution in [0, 0.1) is 0 Å². The van der Waals surface area contributed by atoms with Crippen molar-refractivity contribution in [1.29, 1.82) is 0 Å². The molecular weight excluding hydrogens is 514 g/mol. The third-order valence-electron chi connectivity index (χ3n) is 8.80. The number of nitrogens with zero attached hydrogens (tertiary/aromatic N) is 5. The Morgan fingerprint density at radius 3 is 2.12 bits per heavy atom. The van der Waals surface area contributed by atoms with Crippen LogP contribution in [0.2, 0.25) is 0 Å². The lowest BCUT2D eigenvalue weighted by Gasteiger charge is -2.28. The predicted octanol–water partition coefficient (Wildman–Crippen LogP) is 4.92. The standard InChI is InChI=1S/C29H35N5O6/c35-25-21-14-7-15-22(23(21)26(36)32(25)17-20-13-8-16-40-20)30-31-24-27(37)33(18-9-3-1-4-10-18)29(39)34(28(24)38)19-11-5-2-6-12-19/h7,14-15,18-20,37H,1-6,8-13,16-17H2. The second-order valence-corrected chi connectivity index (χ2v) is 11.3. The molecule has 40 heavy (non-hydrogen) atoms. The van der Waals surface area contributed by atoms with Crippen molar-refractivity contribution in [3.8, 4) is 5.88 Å². The zero-order valence-corrected chi connectivity index (χ0v) is 22.6. The first-order valence-electron chi connectivity index (χ1n) is 14.6. The molecule has 3 heterocycles. The smallest absolute Gasteiger partial charge is 0.334 e. The van der Waals surface area contributed by atoms with Crippen LogP contribution in [0.4, 0.5) is 11.4 Å². The van der Waals surface area contributed by atoms with Crippen LogP contribution < -0.4 is 11.2 Å². The molecule has 1 atom stereocenters. The van der Waals surface area contributed by atoms with Crippen LogP contribution in [0.5, 0.6) is 5.88 Å². The maximum absolute atomic E-state index is 13.7. The van der Waals surface area contributed by atoms with Crippen molar-refractivity contribution >= 4 is 23.2 Å². The number of azo groups is 1. The number of amides is 2. The highest BCUT2D eigenvalue weighted by molar-refractivity contribution is 6.23. The first-order chi connectivity index (χ1) is 19.5. The average Bonchev–Trinajstić information content (AvgIpc) is 3.57. The predicted molar refractivity (Wildman–Crippen MR) is 146 cm³/mol. The number of aromatic hydroxyl groups is 1. The van der Waals surface area contributed by atoms with E-state index in [1.54, 1.807) is 18.2 Å². The first kappa shape index (κ1) is 26.6. The van der Waals surface area contributed by atoms with E-state index in [2.05, 4.69) is 10.2 Å². The summed E-state index contributed by atoms with van der Waals surface area (Å²) >= 11 is 0. The normalized spacial score (nSPS) is 22.5. The number of hydrogen-bond donors (Lipinski definition) is 1. The Morgan fingerprint density at radius 2 is 1.48 bits per heavy atom. The fourth-order valence-electron chi connectivity index (χ4n) is 6.70. The minimum Gasteiger partial charge on any atom is -0.493 e. The Kier molecular flexibility index (Phi) is 7.39. The summed E-state index contributed by atoms with van der Waals surface area (Å²) in [7, 11) is 0. The maximum Gasteiger partial charge on any atom is 0.334 e. The van der Waals surface area contributed by atoms with E-state index in [1.807, 2.05) is 0 Å². The summed E-state index contributed by atoms with van der Waals surface area (Å²) in [5.74, 6) is -1.39. The minimum absolute atomic E-state index is 0.113. The number of aromatic nitrogens is 2. The van der Waals surface area contributed by atoms with Crippen LogP contribution in [-0.4, -0.2) is 50.2 Å². The van der Waals surface area contributed by atoms with Gasteiger partial charge in [0.2, 0.25) is 11.6 Å². The number of imide groups is 1.